The van der Waals surface area contributed by atoms with Crippen LogP contribution < -0.4 is 5.56 Å². The smallest absolute Gasteiger partial charge is 0.267 e. The van der Waals surface area contributed by atoms with Gasteiger partial charge in [0.05, 0.1) is 44.2 Å². The molecule has 0 saturated carbocycles. The lowest BCUT2D eigenvalue weighted by Gasteiger charge is -2.18. The van der Waals surface area contributed by atoms with Crippen LogP contribution in [0.25, 0.3) is 116 Å². The summed E-state index contributed by atoms with van der Waals surface area (Å²) in [5.41, 5.74) is 11.2. The Labute approximate surface area is 360 Å². The van der Waals surface area contributed by atoms with E-state index in [-0.39, 0.29) is 5.56 Å². The van der Waals surface area contributed by atoms with Gasteiger partial charge in [0, 0.05) is 49.3 Å². The maximum Gasteiger partial charge on any atom is 0.267 e. The Morgan fingerprint density at radius 3 is 1.51 bits per heavy atom. The van der Waals surface area contributed by atoms with Crippen molar-refractivity contribution in [2.75, 3.05) is 0 Å². The number of fused-ring (bicyclic) bond motifs is 11. The van der Waals surface area contributed by atoms with Gasteiger partial charge in [-0.2, -0.15) is 0 Å². The highest BCUT2D eigenvalue weighted by Gasteiger charge is 2.24. The van der Waals surface area contributed by atoms with Crippen molar-refractivity contribution in [1.82, 2.24) is 23.7 Å². The molecule has 0 spiro atoms. The number of para-hydroxylation sites is 4. The van der Waals surface area contributed by atoms with Crippen LogP contribution in [0, 0.1) is 0 Å². The van der Waals surface area contributed by atoms with Crippen molar-refractivity contribution in [2.24, 2.45) is 0 Å². The molecule has 0 aliphatic heterocycles. The SMILES string of the molecule is O=c1c2c(-c3ccccc3)nc(-n3c4ccccc4c4cc(-c5ccc6c(c5)c5ccccc5n6-c5ccccc5)ccc43)nc2c2ccc3ccccc3c2n1-c1ccccc1. The number of hydrogen-bond acceptors (Lipinski definition) is 3. The van der Waals surface area contributed by atoms with E-state index in [0.717, 1.165) is 71.5 Å². The molecule has 6 heteroatoms. The molecule has 0 aliphatic carbocycles. The van der Waals surface area contributed by atoms with Crippen LogP contribution in [0.3, 0.4) is 0 Å². The van der Waals surface area contributed by atoms with Crippen LogP contribution in [-0.4, -0.2) is 23.7 Å². The fourth-order valence-electron chi connectivity index (χ4n) is 9.85. The van der Waals surface area contributed by atoms with Crippen LogP contribution in [0.1, 0.15) is 0 Å². The van der Waals surface area contributed by atoms with Gasteiger partial charge in [-0.05, 0) is 77.2 Å². The minimum atomic E-state index is -0.166. The van der Waals surface area contributed by atoms with E-state index in [4.69, 9.17) is 9.97 Å². The summed E-state index contributed by atoms with van der Waals surface area (Å²) in [5, 5.41) is 7.99. The number of aromatic nitrogens is 5. The van der Waals surface area contributed by atoms with E-state index in [0.29, 0.717) is 22.5 Å². The largest absolute Gasteiger partial charge is 0.309 e. The Morgan fingerprint density at radius 1 is 0.349 bits per heavy atom. The molecule has 0 atom stereocenters. The molecule has 13 aromatic rings. The number of rotatable bonds is 5. The van der Waals surface area contributed by atoms with E-state index in [1.807, 2.05) is 77.4 Å². The quantitative estimate of drug-likeness (QED) is 0.163. The van der Waals surface area contributed by atoms with Crippen LogP contribution in [0.2, 0.25) is 0 Å². The molecule has 0 fully saturated rings. The van der Waals surface area contributed by atoms with Crippen LogP contribution in [-0.2, 0) is 0 Å². The van der Waals surface area contributed by atoms with E-state index in [9.17, 15) is 0 Å². The number of pyridine rings is 1. The Hall–Kier alpha value is -8.61. The normalized spacial score (nSPS) is 11.9. The van der Waals surface area contributed by atoms with Gasteiger partial charge in [-0.1, -0.05) is 152 Å². The summed E-state index contributed by atoms with van der Waals surface area (Å²) < 4.78 is 6.35. The van der Waals surface area contributed by atoms with E-state index >= 15 is 4.79 Å². The second-order valence-corrected chi connectivity index (χ2v) is 16.1. The third-order valence-electron chi connectivity index (χ3n) is 12.6. The monoisotopic (exact) mass is 805 g/mol. The van der Waals surface area contributed by atoms with Gasteiger partial charge in [0.25, 0.3) is 5.56 Å². The highest BCUT2D eigenvalue weighted by molar-refractivity contribution is 6.17. The third-order valence-corrected chi connectivity index (χ3v) is 12.6. The predicted octanol–water partition coefficient (Wildman–Crippen LogP) is 13.6. The Bertz CT molecular complexity index is 4040. The van der Waals surface area contributed by atoms with Crippen LogP contribution in [0.15, 0.2) is 217 Å². The van der Waals surface area contributed by atoms with Crippen molar-refractivity contribution in [2.45, 2.75) is 0 Å². The van der Waals surface area contributed by atoms with E-state index in [1.165, 1.54) is 21.8 Å². The Kier molecular flexibility index (Phi) is 7.65. The topological polar surface area (TPSA) is 57.6 Å². The highest BCUT2D eigenvalue weighted by Crippen LogP contribution is 2.40. The first-order valence-electron chi connectivity index (χ1n) is 21.2. The summed E-state index contributed by atoms with van der Waals surface area (Å²) in [6.07, 6.45) is 0. The summed E-state index contributed by atoms with van der Waals surface area (Å²) in [4.78, 5) is 26.1. The van der Waals surface area contributed by atoms with Crippen molar-refractivity contribution in [1.29, 1.82) is 0 Å². The molecule has 0 N–H and O–H groups in total. The molecule has 0 radical (unpaired) electrons. The summed E-state index contributed by atoms with van der Waals surface area (Å²) in [6.45, 7) is 0. The molecule has 63 heavy (non-hydrogen) atoms. The molecule has 0 aliphatic rings. The molecule has 6 nitrogen and oxygen atoms in total. The second-order valence-electron chi connectivity index (χ2n) is 16.1. The fourth-order valence-corrected chi connectivity index (χ4v) is 9.85. The van der Waals surface area contributed by atoms with Gasteiger partial charge in [0.2, 0.25) is 5.95 Å². The summed E-state index contributed by atoms with van der Waals surface area (Å²) in [6, 6.07) is 73.5. The maximum atomic E-state index is 15.3. The average Bonchev–Trinajstić information content (AvgIpc) is 3.87. The van der Waals surface area contributed by atoms with Crippen molar-refractivity contribution in [3.05, 3.63) is 223 Å². The molecular weight excluding hydrogens is 771 g/mol. The number of hydrogen-bond donors (Lipinski definition) is 0. The number of benzene rings is 9. The van der Waals surface area contributed by atoms with E-state index in [1.54, 1.807) is 0 Å². The fraction of sp³-hybridized carbons (Fsp3) is 0. The first kappa shape index (κ1) is 35.2. The molecule has 4 heterocycles. The lowest BCUT2D eigenvalue weighted by molar-refractivity contribution is 1.00. The van der Waals surface area contributed by atoms with Crippen LogP contribution >= 0.6 is 0 Å². The van der Waals surface area contributed by atoms with Crippen molar-refractivity contribution >= 4 is 76.2 Å². The zero-order valence-electron chi connectivity index (χ0n) is 33.9. The van der Waals surface area contributed by atoms with E-state index in [2.05, 4.69) is 149 Å². The van der Waals surface area contributed by atoms with Crippen LogP contribution in [0.4, 0.5) is 0 Å². The van der Waals surface area contributed by atoms with Gasteiger partial charge < -0.3 is 4.57 Å². The highest BCUT2D eigenvalue weighted by atomic mass is 16.1. The van der Waals surface area contributed by atoms with Crippen molar-refractivity contribution in [3.63, 3.8) is 0 Å². The molecule has 0 bridgehead atoms. The summed E-state index contributed by atoms with van der Waals surface area (Å²) in [5.74, 6) is 0.502. The first-order chi connectivity index (χ1) is 31.2. The zero-order chi connectivity index (χ0) is 41.6. The zero-order valence-corrected chi connectivity index (χ0v) is 33.9. The molecule has 0 saturated heterocycles. The van der Waals surface area contributed by atoms with Crippen molar-refractivity contribution < 1.29 is 0 Å². The summed E-state index contributed by atoms with van der Waals surface area (Å²) in [7, 11) is 0. The minimum Gasteiger partial charge on any atom is -0.309 e. The average molecular weight is 806 g/mol. The summed E-state index contributed by atoms with van der Waals surface area (Å²) >= 11 is 0. The van der Waals surface area contributed by atoms with Gasteiger partial charge >= 0.3 is 0 Å². The van der Waals surface area contributed by atoms with Gasteiger partial charge in [-0.25, -0.2) is 9.97 Å². The van der Waals surface area contributed by atoms with Gasteiger partial charge in [-0.3, -0.25) is 13.9 Å². The lowest BCUT2D eigenvalue weighted by atomic mass is 10.0. The van der Waals surface area contributed by atoms with Gasteiger partial charge in [0.15, 0.2) is 0 Å². The standard InChI is InChI=1S/C57H35N5O/c63-56-52-53(37-17-4-1-5-18-37)58-57(59-54(52)45-31-28-36-16-10-11-23-42(36)55(45)61(56)41-21-8-3-9-22-41)62-49-27-15-13-25-44(49)47-35-39(30-33-51(47)62)38-29-32-50-46(34-38)43-24-12-14-26-48(43)60(50)40-19-6-2-7-20-40/h1-35H. The van der Waals surface area contributed by atoms with Crippen LogP contribution in [0.5, 0.6) is 0 Å². The third kappa shape index (κ3) is 5.28. The Balaban J connectivity index is 1.08. The minimum absolute atomic E-state index is 0.166. The second kappa shape index (κ2) is 13.7. The van der Waals surface area contributed by atoms with E-state index < -0.39 is 0 Å². The molecule has 294 valence electrons. The maximum absolute atomic E-state index is 15.3. The first-order valence-corrected chi connectivity index (χ1v) is 21.2. The molecule has 4 aromatic heterocycles. The van der Waals surface area contributed by atoms with Crippen molar-refractivity contribution in [3.8, 4) is 39.7 Å². The molecular formula is C57H35N5O. The Morgan fingerprint density at radius 2 is 0.857 bits per heavy atom. The molecule has 0 amide bonds. The van der Waals surface area contributed by atoms with Gasteiger partial charge in [0.1, 0.15) is 0 Å². The molecule has 0 unspecified atom stereocenters. The predicted molar refractivity (Wildman–Crippen MR) is 260 cm³/mol. The number of nitrogens with zero attached hydrogens (tertiary/aromatic N) is 5. The molecule has 9 aromatic carbocycles. The lowest BCUT2D eigenvalue weighted by Crippen LogP contribution is -2.21. The molecule has 13 rings (SSSR count). The van der Waals surface area contributed by atoms with Gasteiger partial charge in [-0.15, -0.1) is 0 Å².